The number of benzene rings is 1. The number of carbonyl (C=O) groups is 10. The molecule has 0 aliphatic carbocycles. The molecule has 1 aromatic carbocycles. The summed E-state index contributed by atoms with van der Waals surface area (Å²) in [5.74, 6) is -10.8. The van der Waals surface area contributed by atoms with Gasteiger partial charge in [-0.2, -0.15) is 0 Å². The monoisotopic (exact) mass is 1020 g/mol. The van der Waals surface area contributed by atoms with Crippen LogP contribution in [0.3, 0.4) is 0 Å². The number of aliphatic hydroxyl groups excluding tert-OH is 3. The van der Waals surface area contributed by atoms with E-state index < -0.39 is 146 Å². The quantitative estimate of drug-likeness (QED) is 0.0336. The van der Waals surface area contributed by atoms with Crippen LogP contribution in [0.5, 0.6) is 5.75 Å². The van der Waals surface area contributed by atoms with Gasteiger partial charge in [0, 0.05) is 31.2 Å². The van der Waals surface area contributed by atoms with Gasteiger partial charge in [-0.1, -0.05) is 39.8 Å². The number of imidazole rings is 1. The summed E-state index contributed by atoms with van der Waals surface area (Å²) in [5, 5.41) is 68.7. The number of carbonyl (C=O) groups excluding carboxylic acids is 9. The van der Waals surface area contributed by atoms with Gasteiger partial charge in [-0.25, -0.2) is 9.78 Å². The molecule has 0 fully saturated rings. The average Bonchev–Trinajstić information content (AvgIpc) is 3.82. The van der Waals surface area contributed by atoms with Crippen LogP contribution in [0, 0.1) is 11.8 Å². The predicted octanol–water partition coefficient (Wildman–Crippen LogP) is -5.07. The molecular formula is C45H70N12O15. The fourth-order valence-corrected chi connectivity index (χ4v) is 6.83. The summed E-state index contributed by atoms with van der Waals surface area (Å²) >= 11 is 0. The molecule has 400 valence electrons. The van der Waals surface area contributed by atoms with Crippen LogP contribution in [0.1, 0.15) is 78.5 Å². The van der Waals surface area contributed by atoms with Crippen molar-refractivity contribution < 1.29 is 73.5 Å². The summed E-state index contributed by atoms with van der Waals surface area (Å²) in [7, 11) is 0. The van der Waals surface area contributed by atoms with Crippen molar-refractivity contribution in [2.75, 3.05) is 13.2 Å². The van der Waals surface area contributed by atoms with E-state index in [-0.39, 0.29) is 43.3 Å². The summed E-state index contributed by atoms with van der Waals surface area (Å²) in [4.78, 5) is 138. The molecule has 1 heterocycles. The molecule has 10 atom stereocenters. The van der Waals surface area contributed by atoms with Gasteiger partial charge in [0.15, 0.2) is 0 Å². The first-order chi connectivity index (χ1) is 33.8. The average molecular weight is 1020 g/mol. The van der Waals surface area contributed by atoms with Crippen molar-refractivity contribution in [2.24, 2.45) is 23.3 Å². The number of nitrogens with zero attached hydrogens (tertiary/aromatic N) is 1. The van der Waals surface area contributed by atoms with Crippen LogP contribution in [0.2, 0.25) is 0 Å². The third-order valence-corrected chi connectivity index (χ3v) is 10.8. The zero-order valence-corrected chi connectivity index (χ0v) is 41.0. The van der Waals surface area contributed by atoms with Crippen molar-refractivity contribution in [1.29, 1.82) is 0 Å². The number of H-pyrrole nitrogens is 1. The van der Waals surface area contributed by atoms with Crippen LogP contribution in [-0.2, 0) is 60.8 Å². The maximum atomic E-state index is 13.9. The van der Waals surface area contributed by atoms with Gasteiger partial charge in [0.2, 0.25) is 53.2 Å². The van der Waals surface area contributed by atoms with Crippen molar-refractivity contribution in [2.45, 2.75) is 141 Å². The van der Waals surface area contributed by atoms with Crippen LogP contribution in [0.15, 0.2) is 36.8 Å². The molecule has 0 saturated carbocycles. The topological polar surface area (TPSA) is 449 Å². The standard InChI is InChI=1S/C45H70N12O15/c1-21(2)13-30(53-41(67)31(15-25-7-9-27(61)10-8-25)52-38(64)28(46)16-26-17-48-20-49-26)40(66)56-34(19-59)43(69)57-36(24(6)60)44(70)51-29(11-12-35(47)62)39(65)55-33(18-58)42(68)50-23(5)37(63)54-32(45(71)72)14-22(3)4/h7-10,17,20-24,28-34,36,58-61H,11-16,18-19,46H2,1-6H3,(H2,47,62)(H,48,49)(H,50,68)(H,51,70)(H,52,64)(H,53,67)(H,54,63)(H,55,65)(H,56,66)(H,57,69)(H,71,72)/t23-,24+,28-,29-,30-,31-,32-,33-,34-,36-/m0/s1. The number of aliphatic carboxylic acids is 1. The second-order valence-corrected chi connectivity index (χ2v) is 18.0. The van der Waals surface area contributed by atoms with Gasteiger partial charge in [-0.05, 0) is 62.6 Å². The van der Waals surface area contributed by atoms with E-state index in [0.29, 0.717) is 11.3 Å². The number of phenols is 1. The van der Waals surface area contributed by atoms with Crippen LogP contribution in [-0.4, -0.2) is 168 Å². The number of amides is 9. The highest BCUT2D eigenvalue weighted by Gasteiger charge is 2.36. The molecule has 0 bridgehead atoms. The normalized spacial score (nSPS) is 15.4. The fourth-order valence-electron chi connectivity index (χ4n) is 6.83. The van der Waals surface area contributed by atoms with Crippen LogP contribution >= 0.6 is 0 Å². The molecule has 72 heavy (non-hydrogen) atoms. The molecule has 0 aliphatic rings. The Morgan fingerprint density at radius 2 is 1.07 bits per heavy atom. The van der Waals surface area contributed by atoms with E-state index in [4.69, 9.17) is 11.5 Å². The minimum absolute atomic E-state index is 0.0250. The Balaban J connectivity index is 2.25. The zero-order chi connectivity index (χ0) is 54.4. The maximum absolute atomic E-state index is 13.9. The Bertz CT molecular complexity index is 2160. The first-order valence-corrected chi connectivity index (χ1v) is 23.1. The number of carboxylic acid groups (broad SMARTS) is 1. The van der Waals surface area contributed by atoms with Crippen molar-refractivity contribution in [3.8, 4) is 5.75 Å². The predicted molar refractivity (Wildman–Crippen MR) is 254 cm³/mol. The lowest BCUT2D eigenvalue weighted by Gasteiger charge is -2.28. The third-order valence-electron chi connectivity index (χ3n) is 10.8. The van der Waals surface area contributed by atoms with Crippen molar-refractivity contribution >= 4 is 59.1 Å². The largest absolute Gasteiger partial charge is 0.508 e. The molecule has 0 unspecified atom stereocenters. The second-order valence-electron chi connectivity index (χ2n) is 18.0. The number of primary amides is 1. The van der Waals surface area contributed by atoms with Crippen LogP contribution in [0.4, 0.5) is 0 Å². The lowest BCUT2D eigenvalue weighted by molar-refractivity contribution is -0.142. The SMILES string of the molecule is CC(C)C[C@H](NC(=O)[C@H](C)NC(=O)[C@H](CO)NC(=O)[C@H](CCC(N)=O)NC(=O)[C@@H](NC(=O)[C@H](CO)NC(=O)[C@H](CC(C)C)NC(=O)[C@H](Cc1ccc(O)cc1)NC(=O)[C@@H](N)Cc1cnc[nH]1)[C@@H](C)O)C(=O)O. The lowest BCUT2D eigenvalue weighted by Crippen LogP contribution is -2.62. The van der Waals surface area contributed by atoms with Gasteiger partial charge >= 0.3 is 5.97 Å². The summed E-state index contributed by atoms with van der Waals surface area (Å²) in [6.07, 6.45) is 0.0983. The molecule has 1 aromatic heterocycles. The molecule has 0 spiro atoms. The zero-order valence-electron chi connectivity index (χ0n) is 41.0. The number of nitrogens with one attached hydrogen (secondary N) is 9. The number of hydrogen-bond acceptors (Lipinski definition) is 16. The van der Waals surface area contributed by atoms with Gasteiger partial charge < -0.3 is 84.5 Å². The van der Waals surface area contributed by atoms with Crippen molar-refractivity contribution in [3.05, 3.63) is 48.0 Å². The van der Waals surface area contributed by atoms with Gasteiger partial charge in [0.05, 0.1) is 31.7 Å². The van der Waals surface area contributed by atoms with E-state index in [2.05, 4.69) is 52.5 Å². The number of hydrogen-bond donors (Lipinski definition) is 16. The van der Waals surface area contributed by atoms with Gasteiger partial charge in [-0.15, -0.1) is 0 Å². The Labute approximate surface area is 415 Å². The highest BCUT2D eigenvalue weighted by Crippen LogP contribution is 2.14. The number of aromatic amines is 1. The van der Waals surface area contributed by atoms with Crippen molar-refractivity contribution in [1.82, 2.24) is 52.5 Å². The van der Waals surface area contributed by atoms with E-state index in [1.165, 1.54) is 43.7 Å². The number of aliphatic hydroxyl groups is 3. The number of nitrogens with two attached hydrogens (primary N) is 2. The molecule has 27 nitrogen and oxygen atoms in total. The lowest BCUT2D eigenvalue weighted by atomic mass is 10.00. The van der Waals surface area contributed by atoms with Crippen LogP contribution < -0.4 is 54.0 Å². The van der Waals surface area contributed by atoms with Gasteiger partial charge in [0.25, 0.3) is 0 Å². The summed E-state index contributed by atoms with van der Waals surface area (Å²) < 4.78 is 0. The molecule has 0 aliphatic heterocycles. The first kappa shape index (κ1) is 60.9. The molecule has 2 rings (SSSR count). The Hall–Kier alpha value is -7.23. The number of phenolic OH excluding ortho intramolecular Hbond substituents is 1. The molecular weight excluding hydrogens is 949 g/mol. The Kier molecular flexibility index (Phi) is 25.2. The summed E-state index contributed by atoms with van der Waals surface area (Å²) in [6, 6.07) is -7.91. The first-order valence-electron chi connectivity index (χ1n) is 23.1. The van der Waals surface area contributed by atoms with E-state index in [1.54, 1.807) is 27.7 Å². The molecule has 2 aromatic rings. The molecule has 9 amide bonds. The number of carboxylic acids is 1. The minimum atomic E-state index is -1.91. The number of aromatic nitrogens is 2. The highest BCUT2D eigenvalue weighted by molar-refractivity contribution is 5.98. The third kappa shape index (κ3) is 21.0. The summed E-state index contributed by atoms with van der Waals surface area (Å²) in [5.41, 5.74) is 12.5. The van der Waals surface area contributed by atoms with E-state index >= 15 is 0 Å². The fraction of sp³-hybridized carbons (Fsp3) is 0.578. The number of rotatable bonds is 31. The van der Waals surface area contributed by atoms with E-state index in [0.717, 1.165) is 6.92 Å². The maximum Gasteiger partial charge on any atom is 0.326 e. The highest BCUT2D eigenvalue weighted by atomic mass is 16.4. The van der Waals surface area contributed by atoms with Gasteiger partial charge in [0.1, 0.15) is 54.1 Å². The molecule has 0 radical (unpaired) electrons. The van der Waals surface area contributed by atoms with E-state index in [9.17, 15) is 73.5 Å². The summed E-state index contributed by atoms with van der Waals surface area (Å²) in [6.45, 7) is 7.10. The number of aromatic hydroxyl groups is 1. The van der Waals surface area contributed by atoms with Crippen LogP contribution in [0.25, 0.3) is 0 Å². The van der Waals surface area contributed by atoms with Crippen molar-refractivity contribution in [3.63, 3.8) is 0 Å². The molecule has 0 saturated heterocycles. The molecule has 27 heteroatoms. The van der Waals surface area contributed by atoms with Gasteiger partial charge in [-0.3, -0.25) is 43.2 Å². The second kappa shape index (κ2) is 29.8. The van der Waals surface area contributed by atoms with E-state index in [1.807, 2.05) is 0 Å². The minimum Gasteiger partial charge on any atom is -0.508 e. The molecule has 18 N–H and O–H groups in total. The Morgan fingerprint density at radius 1 is 0.597 bits per heavy atom. The smallest absolute Gasteiger partial charge is 0.326 e. The Morgan fingerprint density at radius 3 is 1.57 bits per heavy atom.